The number of carbonyl (C=O) groups is 3. The average molecular weight is 491 g/mol. The van der Waals surface area contributed by atoms with Gasteiger partial charge in [-0.15, -0.1) is 0 Å². The molecule has 0 unspecified atom stereocenters. The van der Waals surface area contributed by atoms with Gasteiger partial charge in [-0.3, -0.25) is 19.8 Å². The first-order valence-corrected chi connectivity index (χ1v) is 10.8. The Morgan fingerprint density at radius 3 is 2.54 bits per heavy atom. The Hall–Kier alpha value is -4.07. The topological polar surface area (TPSA) is 129 Å². The molecule has 3 heterocycles. The Kier molecular flexibility index (Phi) is 7.19. The van der Waals surface area contributed by atoms with Crippen LogP contribution in [0.15, 0.2) is 30.6 Å². The zero-order chi connectivity index (χ0) is 24.9. The second-order valence-corrected chi connectivity index (χ2v) is 7.74. The summed E-state index contributed by atoms with van der Waals surface area (Å²) in [4.78, 5) is 51.4. The molecule has 4 rings (SSSR count). The van der Waals surface area contributed by atoms with Crippen molar-refractivity contribution in [2.45, 2.75) is 13.0 Å². The van der Waals surface area contributed by atoms with Gasteiger partial charge in [-0.25, -0.2) is 33.4 Å². The predicted octanol–water partition coefficient (Wildman–Crippen LogP) is 1.50. The third-order valence-electron chi connectivity index (χ3n) is 5.27. The highest BCUT2D eigenvalue weighted by Gasteiger charge is 2.34. The third kappa shape index (κ3) is 5.71. The van der Waals surface area contributed by atoms with Gasteiger partial charge in [-0.2, -0.15) is 0 Å². The van der Waals surface area contributed by atoms with Crippen LogP contribution >= 0.6 is 0 Å². The fourth-order valence-electron chi connectivity index (χ4n) is 3.66. The molecule has 0 spiro atoms. The molecule has 0 radical (unpaired) electrons. The number of aromatic nitrogens is 2. The van der Waals surface area contributed by atoms with Gasteiger partial charge in [0.15, 0.2) is 11.6 Å². The SMILES string of the molecule is CC(=O)NC[C@H]1CN(c2cc(F)c(N3CCON(C(=O)Nc4ncccn4)CC3)c(F)c2)C(=O)O1. The van der Waals surface area contributed by atoms with Crippen molar-refractivity contribution in [1.29, 1.82) is 0 Å². The van der Waals surface area contributed by atoms with Crippen LogP contribution in [0.1, 0.15) is 6.92 Å². The smallest absolute Gasteiger partial charge is 0.414 e. The van der Waals surface area contributed by atoms with Gasteiger partial charge < -0.3 is 15.0 Å². The number of carbonyl (C=O) groups excluding carboxylic acids is 3. The number of anilines is 3. The summed E-state index contributed by atoms with van der Waals surface area (Å²) < 4.78 is 35.2. The van der Waals surface area contributed by atoms with Crippen LogP contribution in [0.25, 0.3) is 0 Å². The van der Waals surface area contributed by atoms with Crippen LogP contribution in [0.3, 0.4) is 0 Å². The van der Waals surface area contributed by atoms with Crippen LogP contribution in [-0.4, -0.2) is 78.5 Å². The highest BCUT2D eigenvalue weighted by atomic mass is 19.1. The summed E-state index contributed by atoms with van der Waals surface area (Å²) in [6.45, 7) is 1.66. The van der Waals surface area contributed by atoms with E-state index in [1.807, 2.05) is 0 Å². The molecule has 4 amide bonds. The summed E-state index contributed by atoms with van der Waals surface area (Å²) in [5.41, 5.74) is -0.303. The molecular formula is C21H23F2N7O5. The van der Waals surface area contributed by atoms with Crippen molar-refractivity contribution in [3.8, 4) is 0 Å². The zero-order valence-corrected chi connectivity index (χ0v) is 18.7. The molecule has 2 aliphatic rings. The van der Waals surface area contributed by atoms with Gasteiger partial charge in [-0.05, 0) is 6.07 Å². The number of cyclic esters (lactones) is 1. The van der Waals surface area contributed by atoms with E-state index in [0.717, 1.165) is 22.1 Å². The molecule has 0 saturated carbocycles. The van der Waals surface area contributed by atoms with Crippen LogP contribution in [-0.2, 0) is 14.4 Å². The fraction of sp³-hybridized carbons (Fsp3) is 0.381. The Balaban J connectivity index is 1.42. The molecule has 2 aliphatic heterocycles. The largest absolute Gasteiger partial charge is 0.442 e. The van der Waals surface area contributed by atoms with Crippen molar-refractivity contribution < 1.29 is 32.7 Å². The lowest BCUT2D eigenvalue weighted by Gasteiger charge is -2.24. The van der Waals surface area contributed by atoms with Crippen molar-refractivity contribution in [3.63, 3.8) is 0 Å². The number of nitrogens with one attached hydrogen (secondary N) is 2. The minimum Gasteiger partial charge on any atom is -0.442 e. The highest BCUT2D eigenvalue weighted by molar-refractivity contribution is 5.90. The quantitative estimate of drug-likeness (QED) is 0.644. The Morgan fingerprint density at radius 1 is 1.14 bits per heavy atom. The van der Waals surface area contributed by atoms with E-state index in [1.54, 1.807) is 6.07 Å². The number of rotatable bonds is 5. The van der Waals surface area contributed by atoms with E-state index >= 15 is 8.78 Å². The van der Waals surface area contributed by atoms with Crippen molar-refractivity contribution in [2.75, 3.05) is 54.4 Å². The van der Waals surface area contributed by atoms with Gasteiger partial charge in [0.25, 0.3) is 0 Å². The summed E-state index contributed by atoms with van der Waals surface area (Å²) in [6, 6.07) is 3.07. The number of ether oxygens (including phenoxy) is 1. The highest BCUT2D eigenvalue weighted by Crippen LogP contribution is 2.31. The van der Waals surface area contributed by atoms with E-state index in [9.17, 15) is 14.4 Å². The molecule has 186 valence electrons. The number of halogens is 2. The van der Waals surface area contributed by atoms with Gasteiger partial charge in [0.05, 0.1) is 31.9 Å². The molecule has 2 saturated heterocycles. The van der Waals surface area contributed by atoms with Crippen LogP contribution in [0.2, 0.25) is 0 Å². The predicted molar refractivity (Wildman–Crippen MR) is 119 cm³/mol. The molecule has 35 heavy (non-hydrogen) atoms. The summed E-state index contributed by atoms with van der Waals surface area (Å²) >= 11 is 0. The maximum atomic E-state index is 15.0. The van der Waals surface area contributed by atoms with Crippen LogP contribution in [0, 0.1) is 11.6 Å². The number of hydroxylamine groups is 2. The standard InChI is InChI=1S/C21H23F2N7O5/c1-13(31)26-11-15-12-29(21(33)35-15)14-9-16(22)18(17(23)10-14)28-5-6-30(34-8-7-28)20(32)27-19-24-3-2-4-25-19/h2-4,9-10,15H,5-8,11-12H2,1H3,(H,26,31)(H,24,25,27,32)/t15-/m0/s1. The summed E-state index contributed by atoms with van der Waals surface area (Å²) in [7, 11) is 0. The van der Waals surface area contributed by atoms with Gasteiger partial charge in [-0.1, -0.05) is 0 Å². The van der Waals surface area contributed by atoms with Gasteiger partial charge >= 0.3 is 12.1 Å². The van der Waals surface area contributed by atoms with Crippen LogP contribution in [0.5, 0.6) is 0 Å². The van der Waals surface area contributed by atoms with E-state index in [2.05, 4.69) is 20.6 Å². The number of urea groups is 1. The fourth-order valence-corrected chi connectivity index (χ4v) is 3.66. The summed E-state index contributed by atoms with van der Waals surface area (Å²) in [6.07, 6.45) is 1.53. The monoisotopic (exact) mass is 491 g/mol. The van der Waals surface area contributed by atoms with E-state index in [4.69, 9.17) is 9.57 Å². The molecule has 14 heteroatoms. The molecular weight excluding hydrogens is 468 g/mol. The third-order valence-corrected chi connectivity index (χ3v) is 5.27. The molecule has 0 aliphatic carbocycles. The van der Waals surface area contributed by atoms with Crippen LogP contribution < -0.4 is 20.4 Å². The molecule has 2 fully saturated rings. The van der Waals surface area contributed by atoms with Crippen molar-refractivity contribution in [2.24, 2.45) is 0 Å². The lowest BCUT2D eigenvalue weighted by atomic mass is 10.2. The minimum atomic E-state index is -0.881. The molecule has 1 aromatic carbocycles. The minimum absolute atomic E-state index is 0.00554. The zero-order valence-electron chi connectivity index (χ0n) is 18.7. The summed E-state index contributed by atoms with van der Waals surface area (Å²) in [5.74, 6) is -1.95. The Bertz CT molecular complexity index is 1080. The second kappa shape index (κ2) is 10.5. The molecule has 2 N–H and O–H groups in total. The summed E-state index contributed by atoms with van der Waals surface area (Å²) in [5, 5.41) is 6.05. The Morgan fingerprint density at radius 2 is 1.86 bits per heavy atom. The normalized spacial score (nSPS) is 18.2. The first-order chi connectivity index (χ1) is 16.8. The number of hydrogen-bond donors (Lipinski definition) is 2. The second-order valence-electron chi connectivity index (χ2n) is 7.74. The maximum absolute atomic E-state index is 15.0. The first kappa shape index (κ1) is 24.1. The van der Waals surface area contributed by atoms with Crippen LogP contribution in [0.4, 0.5) is 35.7 Å². The van der Waals surface area contributed by atoms with Crippen molar-refractivity contribution in [3.05, 3.63) is 42.2 Å². The molecule has 12 nitrogen and oxygen atoms in total. The lowest BCUT2D eigenvalue weighted by molar-refractivity contribution is -0.119. The first-order valence-electron chi connectivity index (χ1n) is 10.8. The molecule has 1 atom stereocenters. The van der Waals surface area contributed by atoms with E-state index < -0.39 is 29.9 Å². The van der Waals surface area contributed by atoms with E-state index in [0.29, 0.717) is 0 Å². The maximum Gasteiger partial charge on any atom is 0.414 e. The van der Waals surface area contributed by atoms with E-state index in [-0.39, 0.29) is 62.6 Å². The van der Waals surface area contributed by atoms with Crippen molar-refractivity contribution in [1.82, 2.24) is 20.3 Å². The number of hydrogen-bond acceptors (Lipinski definition) is 8. The number of benzene rings is 1. The number of nitrogens with zero attached hydrogens (tertiary/aromatic N) is 5. The lowest BCUT2D eigenvalue weighted by Crippen LogP contribution is -2.38. The van der Waals surface area contributed by atoms with Gasteiger partial charge in [0.2, 0.25) is 11.9 Å². The van der Waals surface area contributed by atoms with Gasteiger partial charge in [0.1, 0.15) is 11.8 Å². The average Bonchev–Trinajstić information content (AvgIpc) is 3.02. The Labute approximate surface area is 198 Å². The number of amides is 4. The molecule has 2 aromatic rings. The van der Waals surface area contributed by atoms with Crippen molar-refractivity contribution >= 4 is 35.4 Å². The van der Waals surface area contributed by atoms with E-state index in [1.165, 1.54) is 24.2 Å². The van der Waals surface area contributed by atoms with Gasteiger partial charge in [0, 0.05) is 44.5 Å². The molecule has 1 aromatic heterocycles. The molecule has 0 bridgehead atoms.